The van der Waals surface area contributed by atoms with Crippen molar-refractivity contribution in [2.45, 2.75) is 13.5 Å². The van der Waals surface area contributed by atoms with Crippen molar-refractivity contribution in [1.29, 1.82) is 0 Å². The number of aromatic nitrogens is 2. The van der Waals surface area contributed by atoms with Gasteiger partial charge in [0.25, 0.3) is 17.5 Å². The number of aryl methyl sites for hydroxylation is 1. The van der Waals surface area contributed by atoms with Crippen molar-refractivity contribution in [2.24, 2.45) is 5.10 Å². The molecule has 9 nitrogen and oxygen atoms in total. The second-order valence-electron chi connectivity index (χ2n) is 7.86. The van der Waals surface area contributed by atoms with Gasteiger partial charge in [-0.1, -0.05) is 29.8 Å². The Hall–Kier alpha value is -4.44. The highest BCUT2D eigenvalue weighted by atomic mass is 35.5. The van der Waals surface area contributed by atoms with Gasteiger partial charge in [0.1, 0.15) is 11.0 Å². The van der Waals surface area contributed by atoms with Crippen molar-refractivity contribution < 1.29 is 18.9 Å². The number of benzene rings is 3. The van der Waals surface area contributed by atoms with Crippen LogP contribution in [0, 0.1) is 22.9 Å². The van der Waals surface area contributed by atoms with Crippen molar-refractivity contribution in [3.05, 3.63) is 104 Å². The van der Waals surface area contributed by atoms with Gasteiger partial charge in [0.05, 0.1) is 45.5 Å². The van der Waals surface area contributed by atoms with Crippen LogP contribution in [-0.4, -0.2) is 37.7 Å². The number of imide groups is 1. The molecule has 0 saturated carbocycles. The molecular formula is C24H15ClFN5O4. The zero-order valence-electron chi connectivity index (χ0n) is 18.1. The van der Waals surface area contributed by atoms with Crippen molar-refractivity contribution in [3.63, 3.8) is 0 Å². The highest BCUT2D eigenvalue weighted by molar-refractivity contribution is 6.32. The Balaban J connectivity index is 1.49. The number of carbonyl (C=O) groups excluding carboxylic acids is 2. The average molecular weight is 492 g/mol. The fraction of sp³-hybridized carbons (Fsp3) is 0.0833. The van der Waals surface area contributed by atoms with Gasteiger partial charge in [-0.2, -0.15) is 15.2 Å². The number of rotatable bonds is 5. The van der Waals surface area contributed by atoms with E-state index >= 15 is 0 Å². The van der Waals surface area contributed by atoms with Crippen LogP contribution >= 0.6 is 11.6 Å². The molecule has 5 rings (SSSR count). The number of non-ortho nitro benzene ring substituents is 1. The summed E-state index contributed by atoms with van der Waals surface area (Å²) < 4.78 is 14.7. The van der Waals surface area contributed by atoms with Crippen LogP contribution in [0.2, 0.25) is 5.15 Å². The summed E-state index contributed by atoms with van der Waals surface area (Å²) >= 11 is 6.48. The Morgan fingerprint density at radius 2 is 1.77 bits per heavy atom. The number of amides is 2. The van der Waals surface area contributed by atoms with Crippen LogP contribution in [0.5, 0.6) is 0 Å². The SMILES string of the molecule is Cc1nn(Cc2ccc(F)cc2)c(Cl)c1C=NN1C(=O)c2cccc3c([N+](=O)[O-])ccc(c23)C1=O. The zero-order valence-corrected chi connectivity index (χ0v) is 18.9. The molecule has 0 spiro atoms. The molecule has 2 heterocycles. The fourth-order valence-electron chi connectivity index (χ4n) is 4.03. The summed E-state index contributed by atoms with van der Waals surface area (Å²) in [5, 5.41) is 21.2. The standard InChI is InChI=1S/C24H15ClFN5O4/c1-13-19(22(25)29(28-13)12-14-5-7-15(26)8-6-14)11-27-30-23(32)17-4-2-3-16-20(31(34)35)10-9-18(21(16)17)24(30)33/h2-11H,12H2,1H3. The van der Waals surface area contributed by atoms with E-state index in [2.05, 4.69) is 10.2 Å². The first-order valence-electron chi connectivity index (χ1n) is 10.4. The zero-order chi connectivity index (χ0) is 24.9. The first-order valence-corrected chi connectivity index (χ1v) is 10.7. The maximum Gasteiger partial charge on any atom is 0.282 e. The number of hydrogen-bond acceptors (Lipinski definition) is 6. The van der Waals surface area contributed by atoms with Crippen LogP contribution in [0.25, 0.3) is 10.8 Å². The molecule has 1 aliphatic rings. The Kier molecular flexibility index (Phi) is 5.37. The van der Waals surface area contributed by atoms with Crippen molar-refractivity contribution in [3.8, 4) is 0 Å². The molecule has 0 saturated heterocycles. The van der Waals surface area contributed by atoms with E-state index in [1.165, 1.54) is 53.4 Å². The summed E-state index contributed by atoms with van der Waals surface area (Å²) in [4.78, 5) is 37.0. The van der Waals surface area contributed by atoms with Crippen LogP contribution in [0.15, 0.2) is 59.7 Å². The topological polar surface area (TPSA) is 111 Å². The fourth-order valence-corrected chi connectivity index (χ4v) is 4.31. The molecule has 0 bridgehead atoms. The third-order valence-corrected chi connectivity index (χ3v) is 6.12. The van der Waals surface area contributed by atoms with Crippen LogP contribution in [0.1, 0.15) is 37.5 Å². The van der Waals surface area contributed by atoms with Gasteiger partial charge >= 0.3 is 0 Å². The molecule has 174 valence electrons. The predicted octanol–water partition coefficient (Wildman–Crippen LogP) is 4.72. The van der Waals surface area contributed by atoms with Crippen LogP contribution in [0.4, 0.5) is 10.1 Å². The minimum atomic E-state index is -0.711. The molecule has 0 radical (unpaired) electrons. The van der Waals surface area contributed by atoms with Gasteiger partial charge in [-0.15, -0.1) is 0 Å². The number of hydrogen-bond donors (Lipinski definition) is 0. The molecular weight excluding hydrogens is 477 g/mol. The molecule has 0 N–H and O–H groups in total. The van der Waals surface area contributed by atoms with Crippen LogP contribution in [-0.2, 0) is 6.54 Å². The second kappa shape index (κ2) is 8.41. The smallest absolute Gasteiger partial charge is 0.267 e. The van der Waals surface area contributed by atoms with E-state index in [1.807, 2.05) is 0 Å². The minimum Gasteiger partial charge on any atom is -0.267 e. The summed E-state index contributed by atoms with van der Waals surface area (Å²) in [7, 11) is 0. The normalized spacial score (nSPS) is 13.3. The molecule has 0 atom stereocenters. The van der Waals surface area contributed by atoms with Gasteiger partial charge in [0, 0.05) is 11.5 Å². The highest BCUT2D eigenvalue weighted by Crippen LogP contribution is 2.35. The quantitative estimate of drug-likeness (QED) is 0.173. The Morgan fingerprint density at radius 3 is 2.46 bits per heavy atom. The molecule has 0 unspecified atom stereocenters. The van der Waals surface area contributed by atoms with Gasteiger partial charge in [0.2, 0.25) is 0 Å². The lowest BCUT2D eigenvalue weighted by Crippen LogP contribution is -2.36. The molecule has 11 heteroatoms. The molecule has 35 heavy (non-hydrogen) atoms. The molecule has 3 aromatic carbocycles. The summed E-state index contributed by atoms with van der Waals surface area (Å²) in [6, 6.07) is 13.0. The number of hydrazone groups is 1. The number of carbonyl (C=O) groups is 2. The molecule has 0 fully saturated rings. The summed E-state index contributed by atoms with van der Waals surface area (Å²) in [5.41, 5.74) is 1.76. The average Bonchev–Trinajstić information content (AvgIpc) is 3.10. The maximum atomic E-state index is 13.2. The monoisotopic (exact) mass is 491 g/mol. The lowest BCUT2D eigenvalue weighted by molar-refractivity contribution is -0.383. The van der Waals surface area contributed by atoms with Crippen molar-refractivity contribution in [1.82, 2.24) is 14.8 Å². The predicted molar refractivity (Wildman–Crippen MR) is 126 cm³/mol. The van der Waals surface area contributed by atoms with Gasteiger partial charge in [-0.05, 0) is 42.8 Å². The van der Waals surface area contributed by atoms with Gasteiger partial charge in [0.15, 0.2) is 0 Å². The van der Waals surface area contributed by atoms with E-state index in [9.17, 15) is 24.1 Å². The van der Waals surface area contributed by atoms with Gasteiger partial charge in [-0.25, -0.2) is 9.07 Å². The summed E-state index contributed by atoms with van der Waals surface area (Å²) in [6.45, 7) is 1.98. The highest BCUT2D eigenvalue weighted by Gasteiger charge is 2.34. The van der Waals surface area contributed by atoms with E-state index in [4.69, 9.17) is 11.6 Å². The third-order valence-electron chi connectivity index (χ3n) is 5.72. The largest absolute Gasteiger partial charge is 0.282 e. The Morgan fingerprint density at radius 1 is 1.09 bits per heavy atom. The first kappa shape index (κ1) is 22.4. The van der Waals surface area contributed by atoms with E-state index in [1.54, 1.807) is 19.1 Å². The van der Waals surface area contributed by atoms with Crippen LogP contribution in [0.3, 0.4) is 0 Å². The first-order chi connectivity index (χ1) is 16.8. The number of halogens is 2. The number of nitro groups is 1. The summed E-state index contributed by atoms with van der Waals surface area (Å²) in [6.07, 6.45) is 1.28. The molecule has 1 aliphatic heterocycles. The molecule has 1 aromatic heterocycles. The van der Waals surface area contributed by atoms with E-state index in [0.29, 0.717) is 16.3 Å². The van der Waals surface area contributed by atoms with Crippen LogP contribution < -0.4 is 0 Å². The minimum absolute atomic E-state index is 0.132. The van der Waals surface area contributed by atoms with Crippen molar-refractivity contribution >= 4 is 46.1 Å². The van der Waals surface area contributed by atoms with E-state index in [0.717, 1.165) is 5.56 Å². The number of nitrogens with zero attached hydrogens (tertiary/aromatic N) is 5. The lowest BCUT2D eigenvalue weighted by atomic mass is 9.94. The third kappa shape index (κ3) is 3.73. The van der Waals surface area contributed by atoms with Crippen molar-refractivity contribution in [2.75, 3.05) is 0 Å². The lowest BCUT2D eigenvalue weighted by Gasteiger charge is -2.22. The Labute approximate surface area is 202 Å². The van der Waals surface area contributed by atoms with Gasteiger partial charge < -0.3 is 0 Å². The maximum absolute atomic E-state index is 13.2. The second-order valence-corrected chi connectivity index (χ2v) is 8.22. The van der Waals surface area contributed by atoms with E-state index < -0.39 is 16.7 Å². The number of nitro benzene ring substituents is 1. The summed E-state index contributed by atoms with van der Waals surface area (Å²) in [5.74, 6) is -1.78. The molecule has 4 aromatic rings. The molecule has 0 aliphatic carbocycles. The Bertz CT molecular complexity index is 1560. The van der Waals surface area contributed by atoms with E-state index in [-0.39, 0.29) is 45.1 Å². The van der Waals surface area contributed by atoms with Gasteiger partial charge in [-0.3, -0.25) is 19.7 Å². The molecule has 2 amide bonds.